The molecule has 22 heavy (non-hydrogen) atoms. The molecule has 0 fully saturated rings. The normalized spacial score (nSPS) is 11.2. The van der Waals surface area contributed by atoms with Gasteiger partial charge in [-0.1, -0.05) is 36.4 Å². The van der Waals surface area contributed by atoms with Gasteiger partial charge in [0.15, 0.2) is 0 Å². The molecule has 0 saturated heterocycles. The molecule has 5 heteroatoms. The highest BCUT2D eigenvalue weighted by atomic mass is 16.5. The Kier molecular flexibility index (Phi) is 5.68. The zero-order chi connectivity index (χ0) is 15.8. The number of amides is 1. The second-order valence-corrected chi connectivity index (χ2v) is 4.60. The van der Waals surface area contributed by atoms with Crippen LogP contribution in [0.4, 0.5) is 0 Å². The van der Waals surface area contributed by atoms with Crippen molar-refractivity contribution in [3.63, 3.8) is 0 Å². The van der Waals surface area contributed by atoms with E-state index < -0.39 is 0 Å². The first-order valence-electron chi connectivity index (χ1n) is 6.94. The van der Waals surface area contributed by atoms with Gasteiger partial charge >= 0.3 is 0 Å². The first-order chi connectivity index (χ1) is 10.7. The number of benzene rings is 1. The lowest BCUT2D eigenvalue weighted by Gasteiger charge is -2.11. The SMILES string of the molecule is COCCNC(=O)C(=Cc1ccccc1)n1ccccc1=O. The maximum Gasteiger partial charge on any atom is 0.268 e. The molecule has 1 N–H and O–H groups in total. The molecule has 0 aliphatic carbocycles. The number of hydrogen-bond acceptors (Lipinski definition) is 3. The number of hydrogen-bond donors (Lipinski definition) is 1. The quantitative estimate of drug-likeness (QED) is 0.651. The maximum atomic E-state index is 12.4. The van der Waals surface area contributed by atoms with Crippen molar-refractivity contribution in [2.24, 2.45) is 0 Å². The van der Waals surface area contributed by atoms with Crippen LogP contribution in [0.1, 0.15) is 5.56 Å². The summed E-state index contributed by atoms with van der Waals surface area (Å²) in [5, 5.41) is 2.74. The Labute approximate surface area is 128 Å². The van der Waals surface area contributed by atoms with Crippen molar-refractivity contribution in [1.82, 2.24) is 9.88 Å². The highest BCUT2D eigenvalue weighted by Crippen LogP contribution is 2.10. The number of nitrogens with one attached hydrogen (secondary N) is 1. The monoisotopic (exact) mass is 298 g/mol. The molecule has 0 unspecified atom stereocenters. The van der Waals surface area contributed by atoms with Gasteiger partial charge < -0.3 is 10.1 Å². The van der Waals surface area contributed by atoms with Gasteiger partial charge in [0, 0.05) is 25.9 Å². The average Bonchev–Trinajstić information content (AvgIpc) is 2.54. The summed E-state index contributed by atoms with van der Waals surface area (Å²) in [6.45, 7) is 0.789. The molecule has 0 radical (unpaired) electrons. The third kappa shape index (κ3) is 4.17. The first kappa shape index (κ1) is 15.7. The molecule has 2 rings (SSSR count). The highest BCUT2D eigenvalue weighted by Gasteiger charge is 2.12. The Morgan fingerprint density at radius 3 is 2.59 bits per heavy atom. The fourth-order valence-corrected chi connectivity index (χ4v) is 1.94. The van der Waals surface area contributed by atoms with E-state index in [1.807, 2.05) is 30.3 Å². The number of pyridine rings is 1. The minimum absolute atomic E-state index is 0.258. The van der Waals surface area contributed by atoms with Gasteiger partial charge in [-0.05, 0) is 17.7 Å². The van der Waals surface area contributed by atoms with E-state index >= 15 is 0 Å². The fourth-order valence-electron chi connectivity index (χ4n) is 1.94. The molecule has 1 amide bonds. The van der Waals surface area contributed by atoms with E-state index in [9.17, 15) is 9.59 Å². The predicted molar refractivity (Wildman–Crippen MR) is 86.2 cm³/mol. The minimum atomic E-state index is -0.325. The zero-order valence-electron chi connectivity index (χ0n) is 12.4. The molecule has 1 aromatic heterocycles. The molecule has 1 heterocycles. The van der Waals surface area contributed by atoms with E-state index in [0.717, 1.165) is 5.56 Å². The third-order valence-corrected chi connectivity index (χ3v) is 3.01. The topological polar surface area (TPSA) is 60.3 Å². The highest BCUT2D eigenvalue weighted by molar-refractivity contribution is 6.18. The molecule has 0 saturated carbocycles. The van der Waals surface area contributed by atoms with Crippen molar-refractivity contribution in [2.45, 2.75) is 0 Å². The van der Waals surface area contributed by atoms with Gasteiger partial charge in [-0.2, -0.15) is 0 Å². The summed E-state index contributed by atoms with van der Waals surface area (Å²) in [7, 11) is 1.56. The Bertz CT molecular complexity index is 705. The summed E-state index contributed by atoms with van der Waals surface area (Å²) >= 11 is 0. The van der Waals surface area contributed by atoms with Crippen molar-refractivity contribution < 1.29 is 9.53 Å². The minimum Gasteiger partial charge on any atom is -0.383 e. The fraction of sp³-hybridized carbons (Fsp3) is 0.176. The summed E-state index contributed by atoms with van der Waals surface area (Å²) in [6.07, 6.45) is 3.26. The van der Waals surface area contributed by atoms with E-state index in [1.54, 1.807) is 31.5 Å². The number of carbonyl (C=O) groups is 1. The van der Waals surface area contributed by atoms with Gasteiger partial charge in [-0.25, -0.2) is 0 Å². The van der Waals surface area contributed by atoms with Gasteiger partial charge in [-0.15, -0.1) is 0 Å². The molecule has 114 valence electrons. The van der Waals surface area contributed by atoms with E-state index in [0.29, 0.717) is 13.2 Å². The standard InChI is InChI=1S/C17H18N2O3/c1-22-12-10-18-17(21)15(13-14-7-3-2-4-8-14)19-11-6-5-9-16(19)20/h2-9,11,13H,10,12H2,1H3,(H,18,21). The molecular weight excluding hydrogens is 280 g/mol. The van der Waals surface area contributed by atoms with E-state index in [1.165, 1.54) is 10.6 Å². The predicted octanol–water partition coefficient (Wildman–Crippen LogP) is 1.61. The van der Waals surface area contributed by atoms with Crippen molar-refractivity contribution in [3.05, 3.63) is 70.6 Å². The Morgan fingerprint density at radius 2 is 1.91 bits per heavy atom. The second kappa shape index (κ2) is 7.95. The van der Waals surface area contributed by atoms with Gasteiger partial charge in [0.1, 0.15) is 5.70 Å². The molecule has 0 atom stereocenters. The van der Waals surface area contributed by atoms with E-state index in [-0.39, 0.29) is 17.2 Å². The zero-order valence-corrected chi connectivity index (χ0v) is 12.4. The lowest BCUT2D eigenvalue weighted by molar-refractivity contribution is -0.116. The molecule has 0 aliphatic heterocycles. The van der Waals surface area contributed by atoms with Crippen molar-refractivity contribution in [2.75, 3.05) is 20.3 Å². The number of nitrogens with zero attached hydrogens (tertiary/aromatic N) is 1. The smallest absolute Gasteiger partial charge is 0.268 e. The Hall–Kier alpha value is -2.66. The number of carbonyl (C=O) groups excluding carboxylic acids is 1. The molecular formula is C17H18N2O3. The van der Waals surface area contributed by atoms with Crippen LogP contribution in [-0.4, -0.2) is 30.7 Å². The molecule has 0 aliphatic rings. The summed E-state index contributed by atoms with van der Waals surface area (Å²) in [4.78, 5) is 24.4. The summed E-state index contributed by atoms with van der Waals surface area (Å²) in [6, 6.07) is 14.2. The van der Waals surface area contributed by atoms with Gasteiger partial charge in [-0.3, -0.25) is 14.2 Å². The van der Waals surface area contributed by atoms with Crippen molar-refractivity contribution in [3.8, 4) is 0 Å². The Morgan fingerprint density at radius 1 is 1.18 bits per heavy atom. The lowest BCUT2D eigenvalue weighted by Crippen LogP contribution is -2.32. The first-order valence-corrected chi connectivity index (χ1v) is 6.94. The Balaban J connectivity index is 2.37. The molecule has 0 spiro atoms. The van der Waals surface area contributed by atoms with E-state index in [2.05, 4.69) is 5.32 Å². The van der Waals surface area contributed by atoms with Gasteiger partial charge in [0.05, 0.1) is 6.61 Å². The van der Waals surface area contributed by atoms with Crippen LogP contribution in [0, 0.1) is 0 Å². The largest absolute Gasteiger partial charge is 0.383 e. The van der Waals surface area contributed by atoms with Crippen LogP contribution in [0.15, 0.2) is 59.5 Å². The maximum absolute atomic E-state index is 12.4. The van der Waals surface area contributed by atoms with Crippen molar-refractivity contribution in [1.29, 1.82) is 0 Å². The number of aromatic nitrogens is 1. The molecule has 5 nitrogen and oxygen atoms in total. The van der Waals surface area contributed by atoms with Crippen molar-refractivity contribution >= 4 is 17.7 Å². The summed E-state index contributed by atoms with van der Waals surface area (Å²) in [5.74, 6) is -0.325. The second-order valence-electron chi connectivity index (χ2n) is 4.60. The average molecular weight is 298 g/mol. The summed E-state index contributed by atoms with van der Waals surface area (Å²) in [5.41, 5.74) is 0.856. The van der Waals surface area contributed by atoms with Gasteiger partial charge in [0.2, 0.25) is 0 Å². The summed E-state index contributed by atoms with van der Waals surface area (Å²) < 4.78 is 6.25. The van der Waals surface area contributed by atoms with Crippen LogP contribution in [0.5, 0.6) is 0 Å². The van der Waals surface area contributed by atoms with Crippen LogP contribution in [0.25, 0.3) is 11.8 Å². The van der Waals surface area contributed by atoms with Crippen LogP contribution >= 0.6 is 0 Å². The molecule has 2 aromatic rings. The number of methoxy groups -OCH3 is 1. The van der Waals surface area contributed by atoms with Gasteiger partial charge in [0.25, 0.3) is 11.5 Å². The van der Waals surface area contributed by atoms with E-state index in [4.69, 9.17) is 4.74 Å². The van der Waals surface area contributed by atoms with Crippen LogP contribution in [0.3, 0.4) is 0 Å². The van der Waals surface area contributed by atoms with Crippen LogP contribution in [-0.2, 0) is 9.53 Å². The molecule has 1 aromatic carbocycles. The molecule has 0 bridgehead atoms. The number of rotatable bonds is 6. The van der Waals surface area contributed by atoms with Crippen LogP contribution < -0.4 is 10.9 Å². The number of ether oxygens (including phenoxy) is 1. The lowest BCUT2D eigenvalue weighted by atomic mass is 10.2. The third-order valence-electron chi connectivity index (χ3n) is 3.01. The van der Waals surface area contributed by atoms with Crippen LogP contribution in [0.2, 0.25) is 0 Å².